The molecule has 2 amide bonds. The van der Waals surface area contributed by atoms with Crippen LogP contribution >= 0.6 is 0 Å². The van der Waals surface area contributed by atoms with Crippen LogP contribution in [-0.4, -0.2) is 18.6 Å². The SMILES string of the molecule is CCCC(C)NC(=O)NCC. The molecule has 3 heteroatoms. The third kappa shape index (κ3) is 5.70. The van der Waals surface area contributed by atoms with E-state index in [0.29, 0.717) is 6.54 Å². The molecule has 1 atom stereocenters. The summed E-state index contributed by atoms with van der Waals surface area (Å²) in [7, 11) is 0. The predicted molar refractivity (Wildman–Crippen MR) is 46.6 cm³/mol. The number of rotatable bonds is 4. The van der Waals surface area contributed by atoms with Gasteiger partial charge in [0, 0.05) is 12.6 Å². The maximum absolute atomic E-state index is 10.9. The average Bonchev–Trinajstić information content (AvgIpc) is 1.87. The Labute approximate surface area is 68.6 Å². The molecule has 0 aliphatic carbocycles. The first-order chi connectivity index (χ1) is 5.20. The molecule has 0 aromatic rings. The topological polar surface area (TPSA) is 41.1 Å². The molecule has 0 spiro atoms. The van der Waals surface area contributed by atoms with Crippen molar-refractivity contribution in [3.05, 3.63) is 0 Å². The van der Waals surface area contributed by atoms with Crippen molar-refractivity contribution in [3.8, 4) is 0 Å². The van der Waals surface area contributed by atoms with Crippen LogP contribution in [0.2, 0.25) is 0 Å². The molecule has 0 radical (unpaired) electrons. The lowest BCUT2D eigenvalue weighted by atomic mass is 10.2. The third-order valence-corrected chi connectivity index (χ3v) is 1.44. The summed E-state index contributed by atoms with van der Waals surface area (Å²) >= 11 is 0. The molecule has 0 fully saturated rings. The first-order valence-electron chi connectivity index (χ1n) is 4.25. The quantitative estimate of drug-likeness (QED) is 0.639. The van der Waals surface area contributed by atoms with Gasteiger partial charge in [-0.1, -0.05) is 13.3 Å². The van der Waals surface area contributed by atoms with Gasteiger partial charge in [-0.05, 0) is 20.3 Å². The van der Waals surface area contributed by atoms with Gasteiger partial charge < -0.3 is 10.6 Å². The summed E-state index contributed by atoms with van der Waals surface area (Å²) in [5.74, 6) is 0. The Bertz CT molecular complexity index is 115. The van der Waals surface area contributed by atoms with Gasteiger partial charge in [0.2, 0.25) is 0 Å². The van der Waals surface area contributed by atoms with Crippen LogP contribution in [0.5, 0.6) is 0 Å². The molecule has 2 N–H and O–H groups in total. The second-order valence-corrected chi connectivity index (χ2v) is 2.69. The van der Waals surface area contributed by atoms with E-state index in [9.17, 15) is 4.79 Å². The summed E-state index contributed by atoms with van der Waals surface area (Å²) in [4.78, 5) is 10.9. The average molecular weight is 158 g/mol. The number of hydrogen-bond donors (Lipinski definition) is 2. The zero-order valence-electron chi connectivity index (χ0n) is 7.61. The predicted octanol–water partition coefficient (Wildman–Crippen LogP) is 1.49. The second-order valence-electron chi connectivity index (χ2n) is 2.69. The van der Waals surface area contributed by atoms with Crippen molar-refractivity contribution in [2.75, 3.05) is 6.54 Å². The smallest absolute Gasteiger partial charge is 0.314 e. The van der Waals surface area contributed by atoms with Crippen LogP contribution in [0.3, 0.4) is 0 Å². The minimum Gasteiger partial charge on any atom is -0.338 e. The summed E-state index contributed by atoms with van der Waals surface area (Å²) < 4.78 is 0. The normalized spacial score (nSPS) is 12.3. The van der Waals surface area contributed by atoms with E-state index in [1.54, 1.807) is 0 Å². The summed E-state index contributed by atoms with van der Waals surface area (Å²) in [6.45, 7) is 6.71. The van der Waals surface area contributed by atoms with Crippen molar-refractivity contribution in [1.29, 1.82) is 0 Å². The molecular formula is C8H18N2O. The summed E-state index contributed by atoms with van der Waals surface area (Å²) in [6.07, 6.45) is 2.14. The van der Waals surface area contributed by atoms with Crippen molar-refractivity contribution in [1.82, 2.24) is 10.6 Å². The fourth-order valence-corrected chi connectivity index (χ4v) is 0.941. The van der Waals surface area contributed by atoms with Crippen LogP contribution in [-0.2, 0) is 0 Å². The van der Waals surface area contributed by atoms with Crippen LogP contribution in [0, 0.1) is 0 Å². The lowest BCUT2D eigenvalue weighted by molar-refractivity contribution is 0.237. The molecule has 0 aliphatic rings. The lowest BCUT2D eigenvalue weighted by Crippen LogP contribution is -2.40. The Morgan fingerprint density at radius 2 is 2.09 bits per heavy atom. The van der Waals surface area contributed by atoms with Crippen LogP contribution < -0.4 is 10.6 Å². The Kier molecular flexibility index (Phi) is 5.61. The van der Waals surface area contributed by atoms with E-state index in [4.69, 9.17) is 0 Å². The van der Waals surface area contributed by atoms with Gasteiger partial charge in [0.15, 0.2) is 0 Å². The first kappa shape index (κ1) is 10.3. The Morgan fingerprint density at radius 3 is 2.55 bits per heavy atom. The first-order valence-corrected chi connectivity index (χ1v) is 4.25. The molecule has 11 heavy (non-hydrogen) atoms. The standard InChI is InChI=1S/C8H18N2O/c1-4-6-7(3)10-8(11)9-5-2/h7H,4-6H2,1-3H3,(H2,9,10,11). The minimum atomic E-state index is -0.0616. The molecule has 0 bridgehead atoms. The van der Waals surface area contributed by atoms with Crippen LogP contribution in [0.4, 0.5) is 4.79 Å². The Morgan fingerprint density at radius 1 is 1.45 bits per heavy atom. The van der Waals surface area contributed by atoms with Crippen molar-refractivity contribution in [2.45, 2.75) is 39.7 Å². The van der Waals surface area contributed by atoms with E-state index in [2.05, 4.69) is 17.6 Å². The summed E-state index contributed by atoms with van der Waals surface area (Å²) in [5, 5.41) is 5.52. The number of carbonyl (C=O) groups excluding carboxylic acids is 1. The molecule has 0 saturated heterocycles. The highest BCUT2D eigenvalue weighted by molar-refractivity contribution is 5.73. The molecule has 0 aliphatic heterocycles. The molecule has 0 aromatic heterocycles. The molecule has 0 saturated carbocycles. The molecule has 0 aromatic carbocycles. The molecule has 3 nitrogen and oxygen atoms in total. The molecule has 66 valence electrons. The number of hydrogen-bond acceptors (Lipinski definition) is 1. The number of amides is 2. The van der Waals surface area contributed by atoms with E-state index in [1.165, 1.54) is 0 Å². The van der Waals surface area contributed by atoms with Gasteiger partial charge in [-0.25, -0.2) is 4.79 Å². The maximum Gasteiger partial charge on any atom is 0.314 e. The van der Waals surface area contributed by atoms with Gasteiger partial charge in [0.25, 0.3) is 0 Å². The molecular weight excluding hydrogens is 140 g/mol. The van der Waals surface area contributed by atoms with Crippen molar-refractivity contribution in [2.24, 2.45) is 0 Å². The Balaban J connectivity index is 3.40. The van der Waals surface area contributed by atoms with E-state index < -0.39 is 0 Å². The van der Waals surface area contributed by atoms with Crippen LogP contribution in [0.25, 0.3) is 0 Å². The highest BCUT2D eigenvalue weighted by Gasteiger charge is 2.03. The number of urea groups is 1. The second kappa shape index (κ2) is 6.01. The summed E-state index contributed by atoms with van der Waals surface area (Å²) in [6, 6.07) is 0.222. The molecule has 0 rings (SSSR count). The van der Waals surface area contributed by atoms with Crippen molar-refractivity contribution < 1.29 is 4.79 Å². The highest BCUT2D eigenvalue weighted by Crippen LogP contribution is 1.93. The van der Waals surface area contributed by atoms with Crippen molar-refractivity contribution >= 4 is 6.03 Å². The van der Waals surface area contributed by atoms with Crippen molar-refractivity contribution in [3.63, 3.8) is 0 Å². The van der Waals surface area contributed by atoms with E-state index in [-0.39, 0.29) is 12.1 Å². The summed E-state index contributed by atoms with van der Waals surface area (Å²) in [5.41, 5.74) is 0. The van der Waals surface area contributed by atoms with E-state index >= 15 is 0 Å². The van der Waals surface area contributed by atoms with Gasteiger partial charge in [0.1, 0.15) is 0 Å². The molecule has 0 heterocycles. The highest BCUT2D eigenvalue weighted by atomic mass is 16.2. The van der Waals surface area contributed by atoms with Crippen LogP contribution in [0.1, 0.15) is 33.6 Å². The van der Waals surface area contributed by atoms with Gasteiger partial charge in [0.05, 0.1) is 0 Å². The van der Waals surface area contributed by atoms with Gasteiger partial charge in [-0.15, -0.1) is 0 Å². The number of nitrogens with one attached hydrogen (secondary N) is 2. The van der Waals surface area contributed by atoms with Gasteiger partial charge in [-0.3, -0.25) is 0 Å². The number of carbonyl (C=O) groups is 1. The van der Waals surface area contributed by atoms with Gasteiger partial charge in [-0.2, -0.15) is 0 Å². The molecule has 1 unspecified atom stereocenters. The monoisotopic (exact) mass is 158 g/mol. The zero-order valence-corrected chi connectivity index (χ0v) is 7.61. The van der Waals surface area contributed by atoms with Crippen LogP contribution in [0.15, 0.2) is 0 Å². The fourth-order valence-electron chi connectivity index (χ4n) is 0.941. The Hall–Kier alpha value is -0.730. The van der Waals surface area contributed by atoms with Gasteiger partial charge >= 0.3 is 6.03 Å². The van der Waals surface area contributed by atoms with E-state index in [1.807, 2.05) is 13.8 Å². The fraction of sp³-hybridized carbons (Fsp3) is 0.875. The minimum absolute atomic E-state index is 0.0616. The third-order valence-electron chi connectivity index (χ3n) is 1.44. The lowest BCUT2D eigenvalue weighted by Gasteiger charge is -2.12. The maximum atomic E-state index is 10.9. The largest absolute Gasteiger partial charge is 0.338 e. The van der Waals surface area contributed by atoms with E-state index in [0.717, 1.165) is 12.8 Å². The zero-order chi connectivity index (χ0) is 8.69.